The quantitative estimate of drug-likeness (QED) is 0.311. The molecule has 1 aliphatic heterocycles. The molecule has 3 unspecified atom stereocenters. The summed E-state index contributed by atoms with van der Waals surface area (Å²) in [5.41, 5.74) is 2.29. The second-order valence-corrected chi connectivity index (χ2v) is 9.95. The Bertz CT molecular complexity index is 1280. The fourth-order valence-electron chi connectivity index (χ4n) is 4.45. The predicted molar refractivity (Wildman–Crippen MR) is 144 cm³/mol. The van der Waals surface area contributed by atoms with E-state index >= 15 is 0 Å². The van der Waals surface area contributed by atoms with E-state index in [0.717, 1.165) is 33.8 Å². The van der Waals surface area contributed by atoms with Gasteiger partial charge in [0.1, 0.15) is 11.6 Å². The number of nitrogens with zero attached hydrogens (tertiary/aromatic N) is 2. The van der Waals surface area contributed by atoms with Crippen LogP contribution in [-0.4, -0.2) is 54.3 Å². The molecule has 2 heterocycles. The first-order valence-electron chi connectivity index (χ1n) is 12.2. The zero-order chi connectivity index (χ0) is 25.7. The van der Waals surface area contributed by atoms with E-state index in [1.165, 1.54) is 22.4 Å². The largest absolute Gasteiger partial charge is 0.393 e. The monoisotopic (exact) mass is 505 g/mol. The molecule has 188 valence electrons. The molecule has 3 aromatic rings. The van der Waals surface area contributed by atoms with Crippen LogP contribution in [0.25, 0.3) is 27.3 Å². The smallest absolute Gasteiger partial charge is 0.262 e. The summed E-state index contributed by atoms with van der Waals surface area (Å²) in [6.07, 6.45) is -0.178. The van der Waals surface area contributed by atoms with E-state index in [0.29, 0.717) is 6.42 Å². The Morgan fingerprint density at radius 2 is 1.89 bits per heavy atom. The van der Waals surface area contributed by atoms with Crippen molar-refractivity contribution in [3.8, 4) is 16.5 Å². The first kappa shape index (κ1) is 25.9. The number of nitrogens with one attached hydrogen (secondary N) is 1. The molecule has 1 aromatic heterocycles. The maximum absolute atomic E-state index is 12.5. The van der Waals surface area contributed by atoms with Gasteiger partial charge in [0.15, 0.2) is 6.29 Å². The van der Waals surface area contributed by atoms with E-state index in [2.05, 4.69) is 60.5 Å². The lowest BCUT2D eigenvalue weighted by Gasteiger charge is -2.30. The van der Waals surface area contributed by atoms with Gasteiger partial charge >= 0.3 is 0 Å². The molecule has 8 heteroatoms. The highest BCUT2D eigenvalue weighted by Crippen LogP contribution is 2.32. The van der Waals surface area contributed by atoms with Crippen LogP contribution in [0.15, 0.2) is 54.1 Å². The highest BCUT2D eigenvalue weighted by atomic mass is 32.1. The van der Waals surface area contributed by atoms with Gasteiger partial charge in [-0.05, 0) is 66.6 Å². The summed E-state index contributed by atoms with van der Waals surface area (Å²) in [6, 6.07) is 18.8. The summed E-state index contributed by atoms with van der Waals surface area (Å²) >= 11 is 1.51. The van der Waals surface area contributed by atoms with Crippen LogP contribution in [0.1, 0.15) is 31.6 Å². The number of nitriles is 1. The van der Waals surface area contributed by atoms with Gasteiger partial charge in [0, 0.05) is 47.9 Å². The second kappa shape index (κ2) is 11.7. The molecule has 1 fully saturated rings. The number of ether oxygens (including phenoxy) is 1. The lowest BCUT2D eigenvalue weighted by molar-refractivity contribution is -0.187. The number of carbonyl (C=O) groups excluding carboxylic acids is 1. The first-order chi connectivity index (χ1) is 17.4. The number of rotatable bonds is 8. The van der Waals surface area contributed by atoms with Crippen molar-refractivity contribution in [2.24, 2.45) is 0 Å². The number of benzene rings is 2. The van der Waals surface area contributed by atoms with Crippen LogP contribution in [-0.2, 0) is 9.53 Å². The Labute approximate surface area is 215 Å². The van der Waals surface area contributed by atoms with Gasteiger partial charge in [-0.1, -0.05) is 18.2 Å². The van der Waals surface area contributed by atoms with Crippen molar-refractivity contribution in [2.75, 3.05) is 24.5 Å². The molecular weight excluding hydrogens is 474 g/mol. The van der Waals surface area contributed by atoms with Crippen molar-refractivity contribution < 1.29 is 19.7 Å². The highest BCUT2D eigenvalue weighted by Gasteiger charge is 2.27. The predicted octanol–water partition coefficient (Wildman–Crippen LogP) is 4.30. The topological polar surface area (TPSA) is 106 Å². The summed E-state index contributed by atoms with van der Waals surface area (Å²) in [6.45, 7) is 6.35. The molecule has 1 amide bonds. The van der Waals surface area contributed by atoms with Crippen LogP contribution in [0, 0.1) is 11.3 Å². The van der Waals surface area contributed by atoms with Gasteiger partial charge in [0.25, 0.3) is 5.91 Å². The summed E-state index contributed by atoms with van der Waals surface area (Å²) in [5, 5.41) is 33.9. The Kier molecular flexibility index (Phi) is 8.39. The molecule has 0 aliphatic carbocycles. The van der Waals surface area contributed by atoms with Gasteiger partial charge < -0.3 is 25.2 Å². The fourth-order valence-corrected chi connectivity index (χ4v) is 5.39. The Morgan fingerprint density at radius 3 is 2.61 bits per heavy atom. The van der Waals surface area contributed by atoms with Crippen LogP contribution in [0.5, 0.6) is 0 Å². The number of hydrogen-bond acceptors (Lipinski definition) is 7. The van der Waals surface area contributed by atoms with E-state index in [1.807, 2.05) is 18.2 Å². The third-order valence-corrected chi connectivity index (χ3v) is 7.45. The maximum Gasteiger partial charge on any atom is 0.262 e. The third-order valence-electron chi connectivity index (χ3n) is 6.36. The van der Waals surface area contributed by atoms with Crippen molar-refractivity contribution in [2.45, 2.75) is 45.2 Å². The van der Waals surface area contributed by atoms with Gasteiger partial charge in [-0.15, -0.1) is 11.3 Å². The SMILES string of the molecule is CCN(CC)c1ccc2cc(-c3ccc(/C=C(\C#N)C(=O)NCC4CC(O)CC(O)O4)s3)ccc2c1. The first-order valence-corrected chi connectivity index (χ1v) is 13.0. The Hall–Kier alpha value is -3.22. The maximum atomic E-state index is 12.5. The van der Waals surface area contributed by atoms with E-state index < -0.39 is 24.4 Å². The molecule has 3 N–H and O–H groups in total. The van der Waals surface area contributed by atoms with Crippen LogP contribution < -0.4 is 10.2 Å². The van der Waals surface area contributed by atoms with Crippen molar-refractivity contribution in [3.05, 3.63) is 59.0 Å². The average Bonchev–Trinajstić information content (AvgIpc) is 3.34. The molecule has 1 aliphatic rings. The van der Waals surface area contributed by atoms with Crippen molar-refractivity contribution in [3.63, 3.8) is 0 Å². The number of anilines is 1. The van der Waals surface area contributed by atoms with E-state index in [4.69, 9.17) is 4.74 Å². The number of amides is 1. The minimum atomic E-state index is -1.05. The summed E-state index contributed by atoms with van der Waals surface area (Å²) in [7, 11) is 0. The zero-order valence-corrected chi connectivity index (χ0v) is 21.3. The van der Waals surface area contributed by atoms with E-state index in [-0.39, 0.29) is 18.5 Å². The summed E-state index contributed by atoms with van der Waals surface area (Å²) in [5.74, 6) is -0.514. The number of thiophene rings is 1. The molecule has 36 heavy (non-hydrogen) atoms. The van der Waals surface area contributed by atoms with Gasteiger partial charge in [-0.25, -0.2) is 0 Å². The third kappa shape index (κ3) is 6.12. The highest BCUT2D eigenvalue weighted by molar-refractivity contribution is 7.16. The van der Waals surface area contributed by atoms with Crippen LogP contribution in [0.3, 0.4) is 0 Å². The number of aliphatic hydroxyl groups excluding tert-OH is 2. The van der Waals surface area contributed by atoms with E-state index in [1.54, 1.807) is 6.08 Å². The van der Waals surface area contributed by atoms with Gasteiger partial charge in [0.2, 0.25) is 0 Å². The number of aliphatic hydroxyl groups is 2. The van der Waals surface area contributed by atoms with Gasteiger partial charge in [-0.2, -0.15) is 5.26 Å². The molecule has 7 nitrogen and oxygen atoms in total. The molecule has 3 atom stereocenters. The van der Waals surface area contributed by atoms with Crippen LogP contribution in [0.2, 0.25) is 0 Å². The zero-order valence-electron chi connectivity index (χ0n) is 20.5. The molecule has 4 rings (SSSR count). The number of fused-ring (bicyclic) bond motifs is 1. The van der Waals surface area contributed by atoms with Crippen molar-refractivity contribution in [1.82, 2.24) is 5.32 Å². The second-order valence-electron chi connectivity index (χ2n) is 8.84. The molecule has 0 bridgehead atoms. The summed E-state index contributed by atoms with van der Waals surface area (Å²) < 4.78 is 5.33. The van der Waals surface area contributed by atoms with Gasteiger partial charge in [-0.3, -0.25) is 4.79 Å². The fraction of sp³-hybridized carbons (Fsp3) is 0.357. The van der Waals surface area contributed by atoms with E-state index in [9.17, 15) is 20.3 Å². The molecule has 1 saturated heterocycles. The molecule has 2 aromatic carbocycles. The van der Waals surface area contributed by atoms with Crippen LogP contribution >= 0.6 is 11.3 Å². The summed E-state index contributed by atoms with van der Waals surface area (Å²) in [4.78, 5) is 16.7. The normalized spacial score (nSPS) is 20.2. The number of hydrogen-bond donors (Lipinski definition) is 3. The van der Waals surface area contributed by atoms with Crippen molar-refractivity contribution in [1.29, 1.82) is 5.26 Å². The minimum Gasteiger partial charge on any atom is -0.393 e. The lowest BCUT2D eigenvalue weighted by atomic mass is 10.0. The van der Waals surface area contributed by atoms with Crippen molar-refractivity contribution >= 4 is 39.8 Å². The molecule has 0 radical (unpaired) electrons. The molecule has 0 saturated carbocycles. The molecular formula is C28H31N3O4S. The Morgan fingerprint density at radius 1 is 1.14 bits per heavy atom. The lowest BCUT2D eigenvalue weighted by Crippen LogP contribution is -2.42. The van der Waals surface area contributed by atoms with Gasteiger partial charge in [0.05, 0.1) is 12.2 Å². The Balaban J connectivity index is 1.46. The molecule has 0 spiro atoms. The van der Waals surface area contributed by atoms with Crippen LogP contribution in [0.4, 0.5) is 5.69 Å². The number of carbonyl (C=O) groups is 1. The average molecular weight is 506 g/mol. The minimum absolute atomic E-state index is 0.0113. The standard InChI is InChI=1S/C28H31N3O4S/c1-3-31(4-2)22-8-7-18-11-20(6-5-19(18)12-22)26-10-9-25(36-26)13-21(16-29)28(34)30-17-24-14-23(32)15-27(33)35-24/h5-13,23-24,27,32-33H,3-4,14-15,17H2,1-2H3,(H,30,34)/b21-13+.